The zero-order chi connectivity index (χ0) is 18.0. The van der Waals surface area contributed by atoms with Crippen LogP contribution in [0.1, 0.15) is 53.2 Å². The molecule has 1 N–H and O–H groups in total. The number of rotatable bonds is 6. The molecule has 0 bridgehead atoms. The number of hydrogen-bond donors (Lipinski definition) is 1. The molecule has 1 fully saturated rings. The maximum atomic E-state index is 5.78. The Morgan fingerprint density at radius 1 is 1.24 bits per heavy atom. The molecule has 3 rings (SSSR count). The molecule has 2 atom stereocenters. The number of nitrogens with one attached hydrogen (secondary N) is 1. The van der Waals surface area contributed by atoms with Gasteiger partial charge in [0.2, 0.25) is 10.1 Å². The van der Waals surface area contributed by atoms with Gasteiger partial charge in [-0.05, 0) is 33.2 Å². The lowest BCUT2D eigenvalue weighted by Crippen LogP contribution is -2.45. The van der Waals surface area contributed by atoms with Gasteiger partial charge in [-0.1, -0.05) is 32.1 Å². The van der Waals surface area contributed by atoms with E-state index in [1.807, 2.05) is 10.7 Å². The monoisotopic (exact) mass is 365 g/mol. The van der Waals surface area contributed by atoms with Gasteiger partial charge in [-0.25, -0.2) is 9.50 Å². The molecule has 0 unspecified atom stereocenters. The zero-order valence-corrected chi connectivity index (χ0v) is 16.9. The van der Waals surface area contributed by atoms with Gasteiger partial charge >= 0.3 is 0 Å². The van der Waals surface area contributed by atoms with E-state index in [2.05, 4.69) is 54.9 Å². The number of imidazole rings is 1. The number of morpholine rings is 1. The van der Waals surface area contributed by atoms with Crippen molar-refractivity contribution in [3.63, 3.8) is 0 Å². The van der Waals surface area contributed by atoms with Crippen LogP contribution in [0.4, 0.5) is 5.13 Å². The number of aromatic nitrogens is 3. The van der Waals surface area contributed by atoms with Crippen molar-refractivity contribution in [3.05, 3.63) is 11.9 Å². The summed E-state index contributed by atoms with van der Waals surface area (Å²) in [5.41, 5.74) is 1.15. The number of fused-ring (bicyclic) bond motifs is 1. The first kappa shape index (κ1) is 18.6. The van der Waals surface area contributed by atoms with Gasteiger partial charge < -0.3 is 10.1 Å². The Balaban J connectivity index is 1.40. The molecule has 1 aliphatic rings. The van der Waals surface area contributed by atoms with Crippen LogP contribution in [-0.4, -0.2) is 57.9 Å². The van der Waals surface area contributed by atoms with Crippen molar-refractivity contribution >= 4 is 21.4 Å². The largest absolute Gasteiger partial charge is 0.373 e. The van der Waals surface area contributed by atoms with Crippen LogP contribution in [0.3, 0.4) is 0 Å². The van der Waals surface area contributed by atoms with E-state index in [4.69, 9.17) is 4.74 Å². The predicted octanol–water partition coefficient (Wildman–Crippen LogP) is 3.39. The summed E-state index contributed by atoms with van der Waals surface area (Å²) in [5, 5.41) is 8.98. The zero-order valence-electron chi connectivity index (χ0n) is 16.1. The molecule has 1 aliphatic heterocycles. The van der Waals surface area contributed by atoms with Crippen molar-refractivity contribution < 1.29 is 4.74 Å². The minimum atomic E-state index is 0.0650. The Hall–Kier alpha value is -1.18. The molecule has 2 aromatic heterocycles. The maximum absolute atomic E-state index is 5.78. The van der Waals surface area contributed by atoms with E-state index in [1.54, 1.807) is 11.3 Å². The van der Waals surface area contributed by atoms with Crippen LogP contribution in [0.25, 0.3) is 4.96 Å². The average molecular weight is 366 g/mol. The van der Waals surface area contributed by atoms with Gasteiger partial charge in [-0.15, -0.1) is 5.10 Å². The summed E-state index contributed by atoms with van der Waals surface area (Å²) in [4.78, 5) is 8.16. The van der Waals surface area contributed by atoms with E-state index in [0.717, 1.165) is 48.4 Å². The highest BCUT2D eigenvalue weighted by molar-refractivity contribution is 7.20. The SMILES string of the molecule is C[C@@H]1CN(CCCCNc2nn3cc(C(C)(C)C)nc3s2)C[C@@H](C)O1. The van der Waals surface area contributed by atoms with Crippen molar-refractivity contribution in [1.82, 2.24) is 19.5 Å². The predicted molar refractivity (Wildman–Crippen MR) is 104 cm³/mol. The first-order chi connectivity index (χ1) is 11.8. The normalized spacial score (nSPS) is 22.6. The standard InChI is InChI=1S/C18H31N5OS/c1-13-10-22(11-14(2)24-13)9-7-6-8-19-16-21-23-12-15(18(3,4)5)20-17(23)25-16/h12-14H,6-11H2,1-5H3,(H,19,21)/t13-,14-/m1/s1. The highest BCUT2D eigenvalue weighted by Gasteiger charge is 2.21. The van der Waals surface area contributed by atoms with Gasteiger partial charge in [0.25, 0.3) is 0 Å². The second-order valence-corrected chi connectivity index (χ2v) is 9.12. The third kappa shape index (κ3) is 4.92. The second-order valence-electron chi connectivity index (χ2n) is 8.16. The van der Waals surface area contributed by atoms with Gasteiger partial charge in [0.1, 0.15) is 0 Å². The van der Waals surface area contributed by atoms with Crippen LogP contribution < -0.4 is 5.32 Å². The van der Waals surface area contributed by atoms with E-state index in [0.29, 0.717) is 12.2 Å². The fourth-order valence-corrected chi connectivity index (χ4v) is 4.06. The number of unbranched alkanes of at least 4 members (excludes halogenated alkanes) is 1. The molecular formula is C18H31N5OS. The summed E-state index contributed by atoms with van der Waals surface area (Å²) in [6.45, 7) is 15.1. The molecule has 0 aromatic carbocycles. The topological polar surface area (TPSA) is 54.7 Å². The van der Waals surface area contributed by atoms with Crippen molar-refractivity contribution in [2.45, 2.75) is 65.1 Å². The first-order valence-corrected chi connectivity index (χ1v) is 10.1. The van der Waals surface area contributed by atoms with Crippen molar-refractivity contribution in [2.75, 3.05) is 31.5 Å². The van der Waals surface area contributed by atoms with Gasteiger partial charge in [0.15, 0.2) is 0 Å². The Labute approximate surface area is 154 Å². The lowest BCUT2D eigenvalue weighted by molar-refractivity contribution is -0.0681. The quantitative estimate of drug-likeness (QED) is 0.795. The molecule has 3 heterocycles. The lowest BCUT2D eigenvalue weighted by atomic mass is 9.93. The van der Waals surface area contributed by atoms with E-state index >= 15 is 0 Å². The molecule has 0 aliphatic carbocycles. The molecule has 1 saturated heterocycles. The van der Waals surface area contributed by atoms with Crippen LogP contribution in [0.15, 0.2) is 6.20 Å². The number of anilines is 1. The molecule has 7 heteroatoms. The molecule has 2 aromatic rings. The maximum Gasteiger partial charge on any atom is 0.214 e. The van der Waals surface area contributed by atoms with Crippen LogP contribution in [0.2, 0.25) is 0 Å². The second kappa shape index (κ2) is 7.60. The molecule has 25 heavy (non-hydrogen) atoms. The summed E-state index contributed by atoms with van der Waals surface area (Å²) >= 11 is 1.62. The van der Waals surface area contributed by atoms with E-state index in [-0.39, 0.29) is 5.41 Å². The molecule has 0 spiro atoms. The van der Waals surface area contributed by atoms with Gasteiger partial charge in [0.05, 0.1) is 24.1 Å². The third-order valence-electron chi connectivity index (χ3n) is 4.48. The fraction of sp³-hybridized carbons (Fsp3) is 0.778. The summed E-state index contributed by atoms with van der Waals surface area (Å²) < 4.78 is 7.68. The molecular weight excluding hydrogens is 334 g/mol. The summed E-state index contributed by atoms with van der Waals surface area (Å²) in [5.74, 6) is 0. The van der Waals surface area contributed by atoms with Gasteiger partial charge in [0, 0.05) is 25.0 Å². The first-order valence-electron chi connectivity index (χ1n) is 9.29. The van der Waals surface area contributed by atoms with Crippen LogP contribution >= 0.6 is 11.3 Å². The third-order valence-corrected chi connectivity index (χ3v) is 5.36. The summed E-state index contributed by atoms with van der Waals surface area (Å²) in [7, 11) is 0. The van der Waals surface area contributed by atoms with E-state index in [9.17, 15) is 0 Å². The summed E-state index contributed by atoms with van der Waals surface area (Å²) in [6.07, 6.45) is 5.09. The molecule has 6 nitrogen and oxygen atoms in total. The van der Waals surface area contributed by atoms with Gasteiger partial charge in [-0.3, -0.25) is 4.90 Å². The van der Waals surface area contributed by atoms with Gasteiger partial charge in [-0.2, -0.15) is 0 Å². The van der Waals surface area contributed by atoms with Crippen LogP contribution in [0, 0.1) is 0 Å². The van der Waals surface area contributed by atoms with Crippen molar-refractivity contribution in [3.8, 4) is 0 Å². The lowest BCUT2D eigenvalue weighted by Gasteiger charge is -2.35. The van der Waals surface area contributed by atoms with Crippen LogP contribution in [-0.2, 0) is 10.2 Å². The van der Waals surface area contributed by atoms with Crippen molar-refractivity contribution in [2.24, 2.45) is 0 Å². The highest BCUT2D eigenvalue weighted by Crippen LogP contribution is 2.25. The Kier molecular flexibility index (Phi) is 5.65. The number of hydrogen-bond acceptors (Lipinski definition) is 6. The average Bonchev–Trinajstić information content (AvgIpc) is 3.03. The molecule has 140 valence electrons. The minimum absolute atomic E-state index is 0.0650. The van der Waals surface area contributed by atoms with E-state index < -0.39 is 0 Å². The minimum Gasteiger partial charge on any atom is -0.373 e. The molecule has 0 amide bonds. The summed E-state index contributed by atoms with van der Waals surface area (Å²) in [6, 6.07) is 0. The fourth-order valence-electron chi connectivity index (χ4n) is 3.26. The van der Waals surface area contributed by atoms with Crippen LogP contribution in [0.5, 0.6) is 0 Å². The highest BCUT2D eigenvalue weighted by atomic mass is 32.1. The number of nitrogens with zero attached hydrogens (tertiary/aromatic N) is 4. The smallest absolute Gasteiger partial charge is 0.214 e. The van der Waals surface area contributed by atoms with Crippen molar-refractivity contribution in [1.29, 1.82) is 0 Å². The Morgan fingerprint density at radius 2 is 1.96 bits per heavy atom. The Morgan fingerprint density at radius 3 is 2.60 bits per heavy atom. The Bertz CT molecular complexity index is 648. The number of ether oxygens (including phenoxy) is 1. The van der Waals surface area contributed by atoms with E-state index in [1.165, 1.54) is 6.42 Å². The molecule has 0 radical (unpaired) electrons. The molecule has 0 saturated carbocycles.